The minimum atomic E-state index is -0.529. The average molecular weight is 185 g/mol. The van der Waals surface area contributed by atoms with Gasteiger partial charge in [0.2, 0.25) is 5.89 Å². The van der Waals surface area contributed by atoms with Crippen molar-refractivity contribution in [1.82, 2.24) is 10.1 Å². The molecule has 1 rings (SSSR count). The van der Waals surface area contributed by atoms with Gasteiger partial charge in [0, 0.05) is 14.0 Å². The normalized spacial score (nSPS) is 12.5. The van der Waals surface area contributed by atoms with Crippen molar-refractivity contribution >= 4 is 11.9 Å². The number of amides is 1. The zero-order chi connectivity index (χ0) is 9.84. The standard InChI is InChI=1S/C7H11N3O3/c1-4(12-3)6(11)9-7-8-5(2)13-10-7/h4H,1-3H3,(H,9,10,11). The number of hydrogen-bond acceptors (Lipinski definition) is 5. The summed E-state index contributed by atoms with van der Waals surface area (Å²) in [4.78, 5) is 15.0. The van der Waals surface area contributed by atoms with E-state index in [1.165, 1.54) is 7.11 Å². The number of nitrogens with zero attached hydrogens (tertiary/aromatic N) is 2. The van der Waals surface area contributed by atoms with Crippen molar-refractivity contribution in [1.29, 1.82) is 0 Å². The first kappa shape index (κ1) is 9.66. The molecular formula is C7H11N3O3. The van der Waals surface area contributed by atoms with Crippen LogP contribution >= 0.6 is 0 Å². The number of nitrogens with one attached hydrogen (secondary N) is 1. The maximum absolute atomic E-state index is 11.2. The van der Waals surface area contributed by atoms with Gasteiger partial charge < -0.3 is 9.26 Å². The van der Waals surface area contributed by atoms with Gasteiger partial charge in [-0.15, -0.1) is 0 Å². The summed E-state index contributed by atoms with van der Waals surface area (Å²) in [6.45, 7) is 3.27. The van der Waals surface area contributed by atoms with Crippen LogP contribution in [0.5, 0.6) is 0 Å². The number of carbonyl (C=O) groups is 1. The van der Waals surface area contributed by atoms with Crippen LogP contribution in [0.15, 0.2) is 4.52 Å². The Kier molecular flexibility index (Phi) is 2.97. The number of aromatic nitrogens is 2. The van der Waals surface area contributed by atoms with Crippen LogP contribution in [0.4, 0.5) is 5.95 Å². The fourth-order valence-electron chi connectivity index (χ4n) is 0.669. The lowest BCUT2D eigenvalue weighted by Crippen LogP contribution is -2.26. The molecule has 1 amide bonds. The van der Waals surface area contributed by atoms with Crippen molar-refractivity contribution in [3.05, 3.63) is 5.89 Å². The lowest BCUT2D eigenvalue weighted by Gasteiger charge is -2.06. The largest absolute Gasteiger partial charge is 0.372 e. The predicted molar refractivity (Wildman–Crippen MR) is 44.1 cm³/mol. The van der Waals surface area contributed by atoms with Gasteiger partial charge in [-0.3, -0.25) is 10.1 Å². The summed E-state index contributed by atoms with van der Waals surface area (Å²) in [5, 5.41) is 5.93. The molecule has 13 heavy (non-hydrogen) atoms. The molecule has 72 valence electrons. The maximum atomic E-state index is 11.2. The topological polar surface area (TPSA) is 77.2 Å². The van der Waals surface area contributed by atoms with Crippen molar-refractivity contribution in [3.8, 4) is 0 Å². The molecule has 0 radical (unpaired) electrons. The zero-order valence-corrected chi connectivity index (χ0v) is 7.70. The molecule has 0 aliphatic rings. The molecular weight excluding hydrogens is 174 g/mol. The second-order valence-corrected chi connectivity index (χ2v) is 2.50. The van der Waals surface area contributed by atoms with Crippen LogP contribution in [0.3, 0.4) is 0 Å². The molecule has 0 bridgehead atoms. The van der Waals surface area contributed by atoms with E-state index in [2.05, 4.69) is 20.0 Å². The smallest absolute Gasteiger partial charge is 0.270 e. The third-order valence-corrected chi connectivity index (χ3v) is 1.49. The molecule has 0 fully saturated rings. The second-order valence-electron chi connectivity index (χ2n) is 2.50. The van der Waals surface area contributed by atoms with Crippen LogP contribution in [0, 0.1) is 6.92 Å². The van der Waals surface area contributed by atoms with E-state index in [0.717, 1.165) is 0 Å². The Morgan fingerprint density at radius 3 is 2.85 bits per heavy atom. The zero-order valence-electron chi connectivity index (χ0n) is 7.70. The highest BCUT2D eigenvalue weighted by Crippen LogP contribution is 2.01. The summed E-state index contributed by atoms with van der Waals surface area (Å²) >= 11 is 0. The molecule has 0 saturated heterocycles. The molecule has 0 aliphatic carbocycles. The fourth-order valence-corrected chi connectivity index (χ4v) is 0.669. The summed E-state index contributed by atoms with van der Waals surface area (Å²) in [6, 6.07) is 0. The number of carbonyl (C=O) groups excluding carboxylic acids is 1. The van der Waals surface area contributed by atoms with Crippen molar-refractivity contribution in [2.75, 3.05) is 12.4 Å². The molecule has 1 aromatic rings. The third kappa shape index (κ3) is 2.51. The van der Waals surface area contributed by atoms with Crippen LogP contribution in [0.1, 0.15) is 12.8 Å². The van der Waals surface area contributed by atoms with Crippen molar-refractivity contribution in [2.24, 2.45) is 0 Å². The van der Waals surface area contributed by atoms with Crippen LogP contribution < -0.4 is 5.32 Å². The van der Waals surface area contributed by atoms with Crippen molar-refractivity contribution < 1.29 is 14.1 Å². The summed E-state index contributed by atoms with van der Waals surface area (Å²) in [7, 11) is 1.45. The van der Waals surface area contributed by atoms with Crippen LogP contribution in [0.25, 0.3) is 0 Å². The van der Waals surface area contributed by atoms with Crippen LogP contribution in [-0.2, 0) is 9.53 Å². The summed E-state index contributed by atoms with van der Waals surface area (Å²) in [5.74, 6) is 0.259. The molecule has 1 N–H and O–H groups in total. The second kappa shape index (κ2) is 3.99. The Morgan fingerprint density at radius 2 is 2.38 bits per heavy atom. The van der Waals surface area contributed by atoms with Gasteiger partial charge in [-0.2, -0.15) is 4.98 Å². The highest BCUT2D eigenvalue weighted by molar-refractivity contribution is 5.92. The molecule has 0 spiro atoms. The van der Waals surface area contributed by atoms with Gasteiger partial charge in [0.1, 0.15) is 6.10 Å². The van der Waals surface area contributed by atoms with E-state index >= 15 is 0 Å². The first-order valence-corrected chi connectivity index (χ1v) is 3.77. The van der Waals surface area contributed by atoms with Gasteiger partial charge in [0.25, 0.3) is 11.9 Å². The molecule has 0 saturated carbocycles. The molecule has 1 aromatic heterocycles. The van der Waals surface area contributed by atoms with Crippen molar-refractivity contribution in [3.63, 3.8) is 0 Å². The molecule has 1 atom stereocenters. The minimum Gasteiger partial charge on any atom is -0.372 e. The number of aryl methyl sites for hydroxylation is 1. The quantitative estimate of drug-likeness (QED) is 0.735. The predicted octanol–water partition coefficient (Wildman–Crippen LogP) is 0.351. The van der Waals surface area contributed by atoms with E-state index < -0.39 is 6.10 Å². The Labute approximate surface area is 75.3 Å². The highest BCUT2D eigenvalue weighted by Gasteiger charge is 2.13. The molecule has 1 heterocycles. The Hall–Kier alpha value is -1.43. The Bertz CT molecular complexity index is 297. The number of rotatable bonds is 3. The van der Waals surface area contributed by atoms with Crippen LogP contribution in [-0.4, -0.2) is 29.3 Å². The van der Waals surface area contributed by atoms with E-state index in [0.29, 0.717) is 5.89 Å². The summed E-state index contributed by atoms with van der Waals surface area (Å²) in [5.41, 5.74) is 0. The Morgan fingerprint density at radius 1 is 1.69 bits per heavy atom. The van der Waals surface area contributed by atoms with Crippen molar-refractivity contribution in [2.45, 2.75) is 20.0 Å². The van der Waals surface area contributed by atoms with E-state index in [-0.39, 0.29) is 11.9 Å². The average Bonchev–Trinajstić information content (AvgIpc) is 2.49. The molecule has 6 heteroatoms. The van der Waals surface area contributed by atoms with Gasteiger partial charge in [0.15, 0.2) is 0 Å². The molecule has 6 nitrogen and oxygen atoms in total. The first-order valence-electron chi connectivity index (χ1n) is 3.77. The lowest BCUT2D eigenvalue weighted by atomic mass is 10.4. The maximum Gasteiger partial charge on any atom is 0.270 e. The molecule has 1 unspecified atom stereocenters. The monoisotopic (exact) mass is 185 g/mol. The number of methoxy groups -OCH3 is 1. The summed E-state index contributed by atoms with van der Waals surface area (Å²) in [6.07, 6.45) is -0.529. The number of hydrogen-bond donors (Lipinski definition) is 1. The minimum absolute atomic E-state index is 0.159. The number of anilines is 1. The van der Waals surface area contributed by atoms with E-state index in [9.17, 15) is 4.79 Å². The third-order valence-electron chi connectivity index (χ3n) is 1.49. The van der Waals surface area contributed by atoms with Gasteiger partial charge >= 0.3 is 0 Å². The molecule has 0 aromatic carbocycles. The van der Waals surface area contributed by atoms with E-state index in [4.69, 9.17) is 4.74 Å². The SMILES string of the molecule is COC(C)C(=O)Nc1noc(C)n1. The van der Waals surface area contributed by atoms with Gasteiger partial charge in [-0.05, 0) is 12.1 Å². The van der Waals surface area contributed by atoms with E-state index in [1.54, 1.807) is 13.8 Å². The van der Waals surface area contributed by atoms with Gasteiger partial charge in [-0.25, -0.2) is 0 Å². The van der Waals surface area contributed by atoms with Gasteiger partial charge in [-0.1, -0.05) is 0 Å². The highest BCUT2D eigenvalue weighted by atomic mass is 16.5. The summed E-state index contributed by atoms with van der Waals surface area (Å²) < 4.78 is 9.45. The van der Waals surface area contributed by atoms with E-state index in [1.807, 2.05) is 0 Å². The first-order chi connectivity index (χ1) is 6.13. The fraction of sp³-hybridized carbons (Fsp3) is 0.571. The van der Waals surface area contributed by atoms with Gasteiger partial charge in [0.05, 0.1) is 0 Å². The van der Waals surface area contributed by atoms with Crippen LogP contribution in [0.2, 0.25) is 0 Å². The lowest BCUT2D eigenvalue weighted by molar-refractivity contribution is -0.124. The molecule has 0 aliphatic heterocycles. The Balaban J connectivity index is 2.54. The number of ether oxygens (including phenoxy) is 1.